The Kier molecular flexibility index (Phi) is 4.21. The molecule has 0 bridgehead atoms. The predicted molar refractivity (Wildman–Crippen MR) is 74.9 cm³/mol. The number of halogens is 3. The summed E-state index contributed by atoms with van der Waals surface area (Å²) in [5.41, 5.74) is -0.00524. The van der Waals surface area contributed by atoms with Gasteiger partial charge in [-0.3, -0.25) is 14.2 Å². The fourth-order valence-electron chi connectivity index (χ4n) is 1.31. The zero-order valence-corrected chi connectivity index (χ0v) is 12.6. The van der Waals surface area contributed by atoms with Crippen LogP contribution in [0.3, 0.4) is 0 Å². The number of rotatable bonds is 3. The van der Waals surface area contributed by atoms with Gasteiger partial charge in [-0.25, -0.2) is 4.98 Å². The first-order valence-electron chi connectivity index (χ1n) is 4.67. The van der Waals surface area contributed by atoms with Gasteiger partial charge in [-0.1, -0.05) is 23.2 Å². The number of carbonyl (C=O) groups excluding carboxylic acids is 1. The van der Waals surface area contributed by atoms with Crippen LogP contribution in [-0.4, -0.2) is 15.3 Å². The van der Waals surface area contributed by atoms with Crippen LogP contribution < -0.4 is 5.56 Å². The van der Waals surface area contributed by atoms with Crippen molar-refractivity contribution in [2.75, 3.05) is 0 Å². The van der Waals surface area contributed by atoms with Gasteiger partial charge in [0, 0.05) is 6.20 Å². The maximum atomic E-state index is 12.0. The molecule has 0 saturated heterocycles. The van der Waals surface area contributed by atoms with Crippen LogP contribution in [0.2, 0.25) is 8.67 Å². The summed E-state index contributed by atoms with van der Waals surface area (Å²) in [4.78, 5) is 27.5. The average molecular weight is 368 g/mol. The Morgan fingerprint density at radius 1 is 1.50 bits per heavy atom. The minimum atomic E-state index is -0.323. The Labute approximate surface area is 124 Å². The van der Waals surface area contributed by atoms with Gasteiger partial charge in [0.15, 0.2) is 5.78 Å². The van der Waals surface area contributed by atoms with Gasteiger partial charge in [0.05, 0.1) is 22.8 Å². The number of Topliss-reactive ketones (excluding diaryl/α,β-unsaturated/α-hetero) is 1. The molecule has 0 fully saturated rings. The van der Waals surface area contributed by atoms with Crippen molar-refractivity contribution in [1.82, 2.24) is 9.55 Å². The predicted octanol–water partition coefficient (Wildman–Crippen LogP) is 3.26. The molecule has 94 valence electrons. The zero-order chi connectivity index (χ0) is 13.3. The minimum absolute atomic E-state index is 0.127. The van der Waals surface area contributed by atoms with Gasteiger partial charge in [0.25, 0.3) is 5.56 Å². The quantitative estimate of drug-likeness (QED) is 0.782. The molecule has 2 rings (SSSR count). The molecule has 0 amide bonds. The van der Waals surface area contributed by atoms with Crippen molar-refractivity contribution >= 4 is 56.3 Å². The second-order valence-electron chi connectivity index (χ2n) is 3.34. The molecule has 2 aromatic heterocycles. The molecule has 0 aromatic carbocycles. The lowest BCUT2D eigenvalue weighted by atomic mass is 10.2. The monoisotopic (exact) mass is 366 g/mol. The van der Waals surface area contributed by atoms with E-state index in [1.165, 1.54) is 23.2 Å². The summed E-state index contributed by atoms with van der Waals surface area (Å²) < 4.78 is 2.25. The van der Waals surface area contributed by atoms with Crippen LogP contribution in [-0.2, 0) is 6.54 Å². The number of carbonyl (C=O) groups is 1. The maximum Gasteiger partial charge on any atom is 0.268 e. The number of hydrogen-bond acceptors (Lipinski definition) is 4. The highest BCUT2D eigenvalue weighted by molar-refractivity contribution is 9.10. The largest absolute Gasteiger partial charge is 0.292 e. The molecule has 0 atom stereocenters. The molecule has 0 aliphatic heterocycles. The smallest absolute Gasteiger partial charge is 0.268 e. The van der Waals surface area contributed by atoms with Crippen molar-refractivity contribution in [2.24, 2.45) is 0 Å². The summed E-state index contributed by atoms with van der Waals surface area (Å²) in [5, 5.41) is 0. The van der Waals surface area contributed by atoms with Crippen molar-refractivity contribution in [1.29, 1.82) is 0 Å². The average Bonchev–Trinajstić information content (AvgIpc) is 2.64. The van der Waals surface area contributed by atoms with E-state index in [0.717, 1.165) is 11.3 Å². The van der Waals surface area contributed by atoms with E-state index in [2.05, 4.69) is 20.9 Å². The van der Waals surface area contributed by atoms with Crippen molar-refractivity contribution in [3.63, 3.8) is 0 Å². The molecule has 2 heterocycles. The van der Waals surface area contributed by atoms with Gasteiger partial charge in [-0.15, -0.1) is 11.3 Å². The molecule has 0 aliphatic carbocycles. The lowest BCUT2D eigenvalue weighted by Crippen LogP contribution is -2.24. The second kappa shape index (κ2) is 5.52. The normalized spacial score (nSPS) is 10.6. The van der Waals surface area contributed by atoms with E-state index in [4.69, 9.17) is 23.2 Å². The topological polar surface area (TPSA) is 52.0 Å². The lowest BCUT2D eigenvalue weighted by Gasteiger charge is -2.03. The molecule has 0 unspecified atom stereocenters. The lowest BCUT2D eigenvalue weighted by molar-refractivity contribution is 0.0971. The molecule has 8 heteroatoms. The Bertz CT molecular complexity index is 668. The molecule has 18 heavy (non-hydrogen) atoms. The summed E-state index contributed by atoms with van der Waals surface area (Å²) in [6, 6.07) is 1.49. The Morgan fingerprint density at radius 2 is 2.22 bits per heavy atom. The van der Waals surface area contributed by atoms with E-state index in [-0.39, 0.29) is 17.9 Å². The minimum Gasteiger partial charge on any atom is -0.292 e. The van der Waals surface area contributed by atoms with Crippen molar-refractivity contribution in [3.8, 4) is 0 Å². The summed E-state index contributed by atoms with van der Waals surface area (Å²) in [7, 11) is 0. The Hall–Kier alpha value is -0.690. The molecule has 2 aromatic rings. The first-order valence-corrected chi connectivity index (χ1v) is 7.03. The van der Waals surface area contributed by atoms with Crippen molar-refractivity contribution in [2.45, 2.75) is 6.54 Å². The Balaban J connectivity index is 2.30. The van der Waals surface area contributed by atoms with Gasteiger partial charge < -0.3 is 0 Å². The molecule has 0 radical (unpaired) electrons. The molecule has 0 N–H and O–H groups in total. The second-order valence-corrected chi connectivity index (χ2v) is 6.48. The highest BCUT2D eigenvalue weighted by atomic mass is 79.9. The third-order valence-electron chi connectivity index (χ3n) is 2.13. The molecular formula is C10H5BrCl2N2O2S. The molecule has 0 spiro atoms. The SMILES string of the molecule is O=C(Cn1cncc(Br)c1=O)c1cc(Cl)sc1Cl. The third-order valence-corrected chi connectivity index (χ3v) is 4.16. The fraction of sp³-hybridized carbons (Fsp3) is 0.100. The van der Waals surface area contributed by atoms with Crippen molar-refractivity contribution in [3.05, 3.63) is 47.7 Å². The number of hydrogen-bond donors (Lipinski definition) is 0. The van der Waals surface area contributed by atoms with Crippen LogP contribution >= 0.6 is 50.5 Å². The summed E-state index contributed by atoms with van der Waals surface area (Å²) >= 11 is 15.8. The number of thiophene rings is 1. The number of nitrogens with zero attached hydrogens (tertiary/aromatic N) is 2. The Morgan fingerprint density at radius 3 is 2.83 bits per heavy atom. The van der Waals surface area contributed by atoms with Crippen LogP contribution in [0.5, 0.6) is 0 Å². The van der Waals surface area contributed by atoms with E-state index in [9.17, 15) is 9.59 Å². The van der Waals surface area contributed by atoms with Gasteiger partial charge in [-0.2, -0.15) is 0 Å². The number of ketones is 1. The van der Waals surface area contributed by atoms with E-state index in [0.29, 0.717) is 18.7 Å². The van der Waals surface area contributed by atoms with Crippen LogP contribution in [0.4, 0.5) is 0 Å². The molecule has 0 aliphatic rings. The van der Waals surface area contributed by atoms with Gasteiger partial charge in [0.1, 0.15) is 8.81 Å². The summed E-state index contributed by atoms with van der Waals surface area (Å²) in [5.74, 6) is -0.287. The first-order chi connectivity index (χ1) is 8.49. The summed E-state index contributed by atoms with van der Waals surface area (Å²) in [6.45, 7) is -0.127. The standard InChI is InChI=1S/C10H5BrCl2N2O2S/c11-6-2-14-4-15(10(6)17)3-7(16)5-1-8(12)18-9(5)13/h1-2,4H,3H2. The zero-order valence-electron chi connectivity index (χ0n) is 8.69. The first kappa shape index (κ1) is 13.7. The van der Waals surface area contributed by atoms with E-state index in [1.54, 1.807) is 0 Å². The van der Waals surface area contributed by atoms with E-state index >= 15 is 0 Å². The van der Waals surface area contributed by atoms with E-state index in [1.807, 2.05) is 0 Å². The van der Waals surface area contributed by atoms with Gasteiger partial charge in [0.2, 0.25) is 0 Å². The van der Waals surface area contributed by atoms with Crippen LogP contribution in [0, 0.1) is 0 Å². The fourth-order valence-corrected chi connectivity index (χ4v) is 3.15. The van der Waals surface area contributed by atoms with E-state index < -0.39 is 0 Å². The maximum absolute atomic E-state index is 12.0. The van der Waals surface area contributed by atoms with Gasteiger partial charge in [-0.05, 0) is 22.0 Å². The molecule has 0 saturated carbocycles. The molecule has 4 nitrogen and oxygen atoms in total. The molecular weight excluding hydrogens is 363 g/mol. The summed E-state index contributed by atoms with van der Waals surface area (Å²) in [6.07, 6.45) is 2.67. The van der Waals surface area contributed by atoms with Gasteiger partial charge >= 0.3 is 0 Å². The van der Waals surface area contributed by atoms with Crippen LogP contribution in [0.1, 0.15) is 10.4 Å². The van der Waals surface area contributed by atoms with Crippen LogP contribution in [0.15, 0.2) is 27.9 Å². The highest BCUT2D eigenvalue weighted by Gasteiger charge is 2.15. The number of aromatic nitrogens is 2. The highest BCUT2D eigenvalue weighted by Crippen LogP contribution is 2.31. The van der Waals surface area contributed by atoms with Crippen LogP contribution in [0.25, 0.3) is 0 Å². The third kappa shape index (κ3) is 2.83. The van der Waals surface area contributed by atoms with Crippen molar-refractivity contribution < 1.29 is 4.79 Å².